The number of aromatic nitrogens is 2. The Morgan fingerprint density at radius 1 is 1.22 bits per heavy atom. The third-order valence-corrected chi connectivity index (χ3v) is 6.50. The Morgan fingerprint density at radius 2 is 1.97 bits per heavy atom. The molecule has 0 saturated carbocycles. The van der Waals surface area contributed by atoms with Gasteiger partial charge in [-0.1, -0.05) is 0 Å². The summed E-state index contributed by atoms with van der Waals surface area (Å²) in [4.78, 5) is 18.2. The standard InChI is InChI=1S/C27H41N5O4S/c1-20-18-28-19-32(20)13-6-12-29-25(37)30-22-7-8-23(24(17-22)34-5)35-16-11-21-9-14-31(15-10-21)26(33)36-27(2,3)4/h7-8,17-19,21H,6,9-16H2,1-5H3,(H2,29,30,37). The van der Waals surface area contributed by atoms with E-state index in [4.69, 9.17) is 26.4 Å². The van der Waals surface area contributed by atoms with Gasteiger partial charge in [-0.3, -0.25) is 0 Å². The maximum Gasteiger partial charge on any atom is 0.410 e. The fraction of sp³-hybridized carbons (Fsp3) is 0.593. The van der Waals surface area contributed by atoms with Gasteiger partial charge in [0.1, 0.15) is 5.60 Å². The SMILES string of the molecule is COc1cc(NC(=S)NCCCn2cncc2C)ccc1OCCC1CCN(C(=O)OC(C)(C)C)CC1. The summed E-state index contributed by atoms with van der Waals surface area (Å²) in [5.41, 5.74) is 1.52. The molecule has 1 saturated heterocycles. The Balaban J connectivity index is 1.37. The molecule has 1 aromatic heterocycles. The van der Waals surface area contributed by atoms with Crippen LogP contribution in [-0.2, 0) is 11.3 Å². The number of anilines is 1. The lowest BCUT2D eigenvalue weighted by atomic mass is 9.94. The predicted octanol–water partition coefficient (Wildman–Crippen LogP) is 4.99. The topological polar surface area (TPSA) is 89.9 Å². The second-order valence-corrected chi connectivity index (χ2v) is 10.8. The van der Waals surface area contributed by atoms with Crippen LogP contribution in [0.2, 0.25) is 0 Å². The van der Waals surface area contributed by atoms with Crippen molar-refractivity contribution < 1.29 is 19.0 Å². The minimum atomic E-state index is -0.465. The van der Waals surface area contributed by atoms with E-state index in [0.717, 1.165) is 63.2 Å². The lowest BCUT2D eigenvalue weighted by Crippen LogP contribution is -2.41. The molecule has 2 heterocycles. The quantitative estimate of drug-likeness (QED) is 0.327. The first-order valence-corrected chi connectivity index (χ1v) is 13.4. The zero-order valence-electron chi connectivity index (χ0n) is 22.7. The molecule has 0 aliphatic carbocycles. The average molecular weight is 532 g/mol. The number of rotatable bonds is 10. The summed E-state index contributed by atoms with van der Waals surface area (Å²) < 4.78 is 19.2. The number of nitrogens with one attached hydrogen (secondary N) is 2. The van der Waals surface area contributed by atoms with Crippen LogP contribution in [-0.4, -0.2) is 64.6 Å². The van der Waals surface area contributed by atoms with Crippen molar-refractivity contribution in [2.45, 2.75) is 65.5 Å². The van der Waals surface area contributed by atoms with Crippen LogP contribution in [0.15, 0.2) is 30.7 Å². The van der Waals surface area contributed by atoms with E-state index in [-0.39, 0.29) is 6.09 Å². The predicted molar refractivity (Wildman–Crippen MR) is 149 cm³/mol. The van der Waals surface area contributed by atoms with E-state index >= 15 is 0 Å². The van der Waals surface area contributed by atoms with Gasteiger partial charge in [0.15, 0.2) is 16.6 Å². The Morgan fingerprint density at radius 3 is 2.62 bits per heavy atom. The molecular formula is C27H41N5O4S. The smallest absolute Gasteiger partial charge is 0.410 e. The van der Waals surface area contributed by atoms with Gasteiger partial charge < -0.3 is 34.3 Å². The van der Waals surface area contributed by atoms with Gasteiger partial charge in [0, 0.05) is 49.8 Å². The first kappa shape index (κ1) is 28.6. The summed E-state index contributed by atoms with van der Waals surface area (Å²) in [5, 5.41) is 7.01. The van der Waals surface area contributed by atoms with Crippen molar-refractivity contribution in [3.05, 3.63) is 36.4 Å². The van der Waals surface area contributed by atoms with Gasteiger partial charge >= 0.3 is 6.09 Å². The Hall–Kier alpha value is -3.01. The number of hydrogen-bond donors (Lipinski definition) is 2. The average Bonchev–Trinajstić information content (AvgIpc) is 3.26. The summed E-state index contributed by atoms with van der Waals surface area (Å²) in [7, 11) is 1.63. The minimum absolute atomic E-state index is 0.222. The first-order valence-electron chi connectivity index (χ1n) is 12.9. The largest absolute Gasteiger partial charge is 0.493 e. The van der Waals surface area contributed by atoms with Crippen molar-refractivity contribution in [3.63, 3.8) is 0 Å². The highest BCUT2D eigenvalue weighted by atomic mass is 32.1. The van der Waals surface area contributed by atoms with Crippen molar-refractivity contribution in [1.82, 2.24) is 19.8 Å². The molecule has 1 aliphatic rings. The van der Waals surface area contributed by atoms with Crippen LogP contribution in [0.3, 0.4) is 0 Å². The molecule has 1 amide bonds. The number of ether oxygens (including phenoxy) is 3. The molecule has 2 N–H and O–H groups in total. The van der Waals surface area contributed by atoms with Crippen molar-refractivity contribution in [2.24, 2.45) is 5.92 Å². The molecule has 0 bridgehead atoms. The summed E-state index contributed by atoms with van der Waals surface area (Å²) in [5.74, 6) is 1.88. The third kappa shape index (κ3) is 9.42. The number of carbonyl (C=O) groups excluding carboxylic acids is 1. The van der Waals surface area contributed by atoms with Gasteiger partial charge in [0.05, 0.1) is 20.0 Å². The number of carbonyl (C=O) groups is 1. The number of hydrogen-bond acceptors (Lipinski definition) is 6. The van der Waals surface area contributed by atoms with Crippen molar-refractivity contribution in [3.8, 4) is 11.5 Å². The maximum atomic E-state index is 12.3. The number of nitrogens with zero attached hydrogens (tertiary/aromatic N) is 3. The van der Waals surface area contributed by atoms with Crippen molar-refractivity contribution in [2.75, 3.05) is 38.7 Å². The third-order valence-electron chi connectivity index (χ3n) is 6.25. The first-order chi connectivity index (χ1) is 17.6. The van der Waals surface area contributed by atoms with Crippen LogP contribution in [0.1, 0.15) is 52.1 Å². The molecule has 0 radical (unpaired) electrons. The van der Waals surface area contributed by atoms with Gasteiger partial charge in [0.25, 0.3) is 0 Å². The maximum absolute atomic E-state index is 12.3. The van der Waals surface area contributed by atoms with E-state index in [1.807, 2.05) is 58.4 Å². The van der Waals surface area contributed by atoms with Gasteiger partial charge in [0.2, 0.25) is 0 Å². The van der Waals surface area contributed by atoms with Gasteiger partial charge in [-0.2, -0.15) is 0 Å². The minimum Gasteiger partial charge on any atom is -0.493 e. The van der Waals surface area contributed by atoms with E-state index in [1.165, 1.54) is 0 Å². The summed E-state index contributed by atoms with van der Waals surface area (Å²) >= 11 is 5.43. The Labute approximate surface area is 225 Å². The number of likely N-dealkylation sites (tertiary alicyclic amines) is 1. The van der Waals surface area contributed by atoms with E-state index in [1.54, 1.807) is 12.0 Å². The number of thiocarbonyl (C=S) groups is 1. The van der Waals surface area contributed by atoms with E-state index in [9.17, 15) is 4.79 Å². The molecule has 0 spiro atoms. The van der Waals surface area contributed by atoms with Gasteiger partial charge in [-0.25, -0.2) is 9.78 Å². The molecule has 204 valence electrons. The number of benzene rings is 1. The highest BCUT2D eigenvalue weighted by Crippen LogP contribution is 2.31. The number of imidazole rings is 1. The molecule has 1 aliphatic heterocycles. The zero-order valence-corrected chi connectivity index (χ0v) is 23.5. The van der Waals surface area contributed by atoms with E-state index in [2.05, 4.69) is 20.2 Å². The number of aryl methyl sites for hydroxylation is 2. The molecule has 37 heavy (non-hydrogen) atoms. The molecule has 0 atom stereocenters. The molecule has 2 aromatic rings. The van der Waals surface area contributed by atoms with Crippen molar-refractivity contribution in [1.29, 1.82) is 0 Å². The monoisotopic (exact) mass is 531 g/mol. The lowest BCUT2D eigenvalue weighted by Gasteiger charge is -2.33. The van der Waals surface area contributed by atoms with E-state index in [0.29, 0.717) is 29.1 Å². The van der Waals surface area contributed by atoms with Crippen molar-refractivity contribution >= 4 is 29.1 Å². The number of methoxy groups -OCH3 is 1. The number of amides is 1. The molecule has 9 nitrogen and oxygen atoms in total. The normalized spacial score (nSPS) is 14.2. The van der Waals surface area contributed by atoms with Crippen LogP contribution in [0.5, 0.6) is 11.5 Å². The van der Waals surface area contributed by atoms with Gasteiger partial charge in [-0.05, 0) is 83.6 Å². The van der Waals surface area contributed by atoms with Crippen LogP contribution < -0.4 is 20.1 Å². The Kier molecular flexibility index (Phi) is 10.4. The summed E-state index contributed by atoms with van der Waals surface area (Å²) in [6, 6.07) is 5.72. The van der Waals surface area contributed by atoms with Crippen LogP contribution in [0, 0.1) is 12.8 Å². The fourth-order valence-corrected chi connectivity index (χ4v) is 4.40. The highest BCUT2D eigenvalue weighted by molar-refractivity contribution is 7.80. The molecule has 1 fully saturated rings. The molecule has 1 aromatic carbocycles. The second kappa shape index (κ2) is 13.5. The second-order valence-electron chi connectivity index (χ2n) is 10.4. The molecule has 10 heteroatoms. The van der Waals surface area contributed by atoms with Crippen LogP contribution in [0.4, 0.5) is 10.5 Å². The lowest BCUT2D eigenvalue weighted by molar-refractivity contribution is 0.0177. The summed E-state index contributed by atoms with van der Waals surface area (Å²) in [6.07, 6.45) is 7.26. The Bertz CT molecular complexity index is 1030. The highest BCUT2D eigenvalue weighted by Gasteiger charge is 2.26. The molecule has 3 rings (SSSR count). The molecular weight excluding hydrogens is 490 g/mol. The van der Waals surface area contributed by atoms with Crippen LogP contribution in [0.25, 0.3) is 0 Å². The van der Waals surface area contributed by atoms with E-state index < -0.39 is 5.60 Å². The van der Waals surface area contributed by atoms with Crippen LogP contribution >= 0.6 is 12.2 Å². The van der Waals surface area contributed by atoms with Gasteiger partial charge in [-0.15, -0.1) is 0 Å². The summed E-state index contributed by atoms with van der Waals surface area (Å²) in [6.45, 7) is 11.4. The number of piperidine rings is 1. The molecule has 0 unspecified atom stereocenters. The zero-order chi connectivity index (χ0) is 26.8. The fourth-order valence-electron chi connectivity index (χ4n) is 4.18.